The van der Waals surface area contributed by atoms with Crippen LogP contribution in [0.25, 0.3) is 32.6 Å². The lowest BCUT2D eigenvalue weighted by Gasteiger charge is -2.28. The van der Waals surface area contributed by atoms with Crippen LogP contribution in [0.15, 0.2) is 36.0 Å². The largest absolute Gasteiger partial charge is 0.378 e. The maximum atomic E-state index is 5.46. The van der Waals surface area contributed by atoms with Crippen LogP contribution in [-0.4, -0.2) is 46.2 Å². The Morgan fingerprint density at radius 2 is 2.00 bits per heavy atom. The smallest absolute Gasteiger partial charge is 0.165 e. The Labute approximate surface area is 142 Å². The van der Waals surface area contributed by atoms with Gasteiger partial charge < -0.3 is 14.6 Å². The summed E-state index contributed by atoms with van der Waals surface area (Å²) in [6.45, 7) is 3.07. The maximum absolute atomic E-state index is 5.46. The fraction of sp³-hybridized carbons (Fsp3) is 0.235. The van der Waals surface area contributed by atoms with Gasteiger partial charge in [0.15, 0.2) is 17.3 Å². The molecule has 1 aromatic carbocycles. The van der Waals surface area contributed by atoms with Gasteiger partial charge in [-0.15, -0.1) is 11.3 Å². The van der Waals surface area contributed by atoms with Crippen LogP contribution in [0.5, 0.6) is 0 Å². The van der Waals surface area contributed by atoms with Crippen LogP contribution in [0, 0.1) is 0 Å². The van der Waals surface area contributed by atoms with Gasteiger partial charge in [0, 0.05) is 34.1 Å². The van der Waals surface area contributed by atoms with Crippen molar-refractivity contribution in [3.8, 4) is 11.4 Å². The summed E-state index contributed by atoms with van der Waals surface area (Å²) in [7, 11) is 0. The first-order valence-electron chi connectivity index (χ1n) is 7.90. The van der Waals surface area contributed by atoms with Crippen molar-refractivity contribution in [2.75, 3.05) is 31.2 Å². The SMILES string of the molecule is c1ccc2c(-c3nc(N4CCOCC4)c4nc[nH]c4n3)csc2c1. The number of aromatic nitrogens is 4. The molecule has 4 aromatic rings. The number of thiophene rings is 1. The zero-order valence-electron chi connectivity index (χ0n) is 12.9. The minimum atomic E-state index is 0.715. The summed E-state index contributed by atoms with van der Waals surface area (Å²) in [5.41, 5.74) is 2.67. The third kappa shape index (κ3) is 2.16. The summed E-state index contributed by atoms with van der Waals surface area (Å²) >= 11 is 1.72. The van der Waals surface area contributed by atoms with Gasteiger partial charge in [-0.3, -0.25) is 0 Å². The Morgan fingerprint density at radius 3 is 2.92 bits per heavy atom. The molecule has 120 valence electrons. The van der Waals surface area contributed by atoms with Crippen molar-refractivity contribution in [1.82, 2.24) is 19.9 Å². The number of H-pyrrole nitrogens is 1. The summed E-state index contributed by atoms with van der Waals surface area (Å²) in [6, 6.07) is 8.36. The lowest BCUT2D eigenvalue weighted by molar-refractivity contribution is 0.122. The van der Waals surface area contributed by atoms with Crippen molar-refractivity contribution in [2.24, 2.45) is 0 Å². The van der Waals surface area contributed by atoms with Crippen LogP contribution in [0.3, 0.4) is 0 Å². The minimum absolute atomic E-state index is 0.715. The molecule has 1 aliphatic rings. The average Bonchev–Trinajstić information content (AvgIpc) is 3.28. The number of nitrogens with one attached hydrogen (secondary N) is 1. The Kier molecular flexibility index (Phi) is 3.20. The van der Waals surface area contributed by atoms with Gasteiger partial charge in [0.25, 0.3) is 0 Å². The highest BCUT2D eigenvalue weighted by Gasteiger charge is 2.20. The monoisotopic (exact) mass is 337 g/mol. The second-order valence-corrected chi connectivity index (χ2v) is 6.63. The van der Waals surface area contributed by atoms with Crippen molar-refractivity contribution >= 4 is 38.4 Å². The highest BCUT2D eigenvalue weighted by atomic mass is 32.1. The summed E-state index contributed by atoms with van der Waals surface area (Å²) in [5.74, 6) is 1.63. The molecule has 0 spiro atoms. The van der Waals surface area contributed by atoms with E-state index in [1.165, 1.54) is 10.1 Å². The number of hydrogen-bond donors (Lipinski definition) is 1. The third-order valence-corrected chi connectivity index (χ3v) is 5.26. The lowest BCUT2D eigenvalue weighted by Crippen LogP contribution is -2.37. The number of morpholine rings is 1. The number of aromatic amines is 1. The summed E-state index contributed by atoms with van der Waals surface area (Å²) in [4.78, 5) is 19.4. The van der Waals surface area contributed by atoms with E-state index < -0.39 is 0 Å². The number of nitrogens with zero attached hydrogens (tertiary/aromatic N) is 4. The second-order valence-electron chi connectivity index (χ2n) is 5.72. The number of rotatable bonds is 2. The van der Waals surface area contributed by atoms with Gasteiger partial charge in [0.2, 0.25) is 0 Å². The molecule has 0 aliphatic carbocycles. The summed E-state index contributed by atoms with van der Waals surface area (Å²) < 4.78 is 6.71. The van der Waals surface area contributed by atoms with Crippen molar-refractivity contribution in [1.29, 1.82) is 0 Å². The molecule has 0 radical (unpaired) electrons. The molecular weight excluding hydrogens is 322 g/mol. The third-order valence-electron chi connectivity index (χ3n) is 4.29. The van der Waals surface area contributed by atoms with Crippen molar-refractivity contribution < 1.29 is 4.74 Å². The molecule has 3 aromatic heterocycles. The van der Waals surface area contributed by atoms with Gasteiger partial charge in [-0.25, -0.2) is 15.0 Å². The van der Waals surface area contributed by atoms with Crippen molar-refractivity contribution in [3.63, 3.8) is 0 Å². The van der Waals surface area contributed by atoms with E-state index in [0.717, 1.165) is 41.5 Å². The molecule has 0 amide bonds. The molecular formula is C17H15N5OS. The predicted octanol–water partition coefficient (Wildman–Crippen LogP) is 3.07. The zero-order chi connectivity index (χ0) is 15.9. The highest BCUT2D eigenvalue weighted by molar-refractivity contribution is 7.17. The summed E-state index contributed by atoms with van der Waals surface area (Å²) in [6.07, 6.45) is 1.68. The van der Waals surface area contributed by atoms with Crippen LogP contribution < -0.4 is 4.90 Å². The van der Waals surface area contributed by atoms with E-state index in [1.807, 2.05) is 0 Å². The van der Waals surface area contributed by atoms with Crippen LogP contribution in [0.4, 0.5) is 5.82 Å². The van der Waals surface area contributed by atoms with Crippen LogP contribution >= 0.6 is 11.3 Å². The second kappa shape index (κ2) is 5.54. The fourth-order valence-corrected chi connectivity index (χ4v) is 4.03. The summed E-state index contributed by atoms with van der Waals surface area (Å²) in [5, 5.41) is 3.32. The Balaban J connectivity index is 1.71. The van der Waals surface area contributed by atoms with E-state index in [1.54, 1.807) is 17.7 Å². The number of ether oxygens (including phenoxy) is 1. The van der Waals surface area contributed by atoms with E-state index in [4.69, 9.17) is 14.7 Å². The molecule has 1 N–H and O–H groups in total. The quantitative estimate of drug-likeness (QED) is 0.609. The first-order valence-corrected chi connectivity index (χ1v) is 8.78. The van der Waals surface area contributed by atoms with E-state index in [-0.39, 0.29) is 0 Å². The molecule has 0 saturated carbocycles. The topological polar surface area (TPSA) is 66.9 Å². The van der Waals surface area contributed by atoms with E-state index in [0.29, 0.717) is 13.2 Å². The van der Waals surface area contributed by atoms with E-state index in [2.05, 4.69) is 44.5 Å². The fourth-order valence-electron chi connectivity index (χ4n) is 3.09. The van der Waals surface area contributed by atoms with Crippen LogP contribution in [-0.2, 0) is 4.74 Å². The number of anilines is 1. The number of fused-ring (bicyclic) bond motifs is 2. The molecule has 1 aliphatic heterocycles. The molecule has 0 atom stereocenters. The molecule has 0 bridgehead atoms. The zero-order valence-corrected chi connectivity index (χ0v) is 13.7. The first kappa shape index (κ1) is 13.9. The number of hydrogen-bond acceptors (Lipinski definition) is 6. The molecule has 1 saturated heterocycles. The number of benzene rings is 1. The van der Waals surface area contributed by atoms with Gasteiger partial charge in [-0.1, -0.05) is 18.2 Å². The Morgan fingerprint density at radius 1 is 1.12 bits per heavy atom. The molecule has 4 heterocycles. The number of imidazole rings is 1. The maximum Gasteiger partial charge on any atom is 0.165 e. The van der Waals surface area contributed by atoms with Gasteiger partial charge in [0.1, 0.15) is 5.52 Å². The van der Waals surface area contributed by atoms with Crippen molar-refractivity contribution in [3.05, 3.63) is 36.0 Å². The minimum Gasteiger partial charge on any atom is -0.378 e. The van der Waals surface area contributed by atoms with E-state index in [9.17, 15) is 0 Å². The van der Waals surface area contributed by atoms with E-state index >= 15 is 0 Å². The molecule has 0 unspecified atom stereocenters. The normalized spacial score (nSPS) is 15.4. The standard InChI is InChI=1S/C17H15N5OS/c1-2-4-13-11(3-1)12(9-24-13)15-20-16-14(18-10-19-16)17(21-15)22-5-7-23-8-6-22/h1-4,9-10H,5-8H2,(H,18,19,20,21). The molecule has 5 rings (SSSR count). The molecule has 1 fully saturated rings. The van der Waals surface area contributed by atoms with Gasteiger partial charge in [-0.2, -0.15) is 0 Å². The highest BCUT2D eigenvalue weighted by Crippen LogP contribution is 2.34. The molecule has 24 heavy (non-hydrogen) atoms. The first-order chi connectivity index (χ1) is 11.9. The van der Waals surface area contributed by atoms with Crippen LogP contribution in [0.1, 0.15) is 0 Å². The Bertz CT molecular complexity index is 1020. The van der Waals surface area contributed by atoms with Crippen LogP contribution in [0.2, 0.25) is 0 Å². The molecule has 7 heteroatoms. The van der Waals surface area contributed by atoms with Crippen molar-refractivity contribution in [2.45, 2.75) is 0 Å². The lowest BCUT2D eigenvalue weighted by atomic mass is 10.1. The van der Waals surface area contributed by atoms with Gasteiger partial charge in [0.05, 0.1) is 19.5 Å². The van der Waals surface area contributed by atoms with Gasteiger partial charge >= 0.3 is 0 Å². The molecule has 6 nitrogen and oxygen atoms in total. The predicted molar refractivity (Wildman–Crippen MR) is 95.5 cm³/mol. The van der Waals surface area contributed by atoms with Gasteiger partial charge in [-0.05, 0) is 6.07 Å². The Hall–Kier alpha value is -2.51. The average molecular weight is 337 g/mol.